The second-order valence-corrected chi connectivity index (χ2v) is 9.03. The molecule has 3 rings (SSSR count). The normalized spacial score (nSPS) is 12.3. The third kappa shape index (κ3) is 4.51. The number of aromatic nitrogens is 1. The van der Waals surface area contributed by atoms with E-state index in [1.807, 2.05) is 26.0 Å². The lowest BCUT2D eigenvalue weighted by Gasteiger charge is -2.07. The molecule has 0 unspecified atom stereocenters. The van der Waals surface area contributed by atoms with Gasteiger partial charge in [-0.1, -0.05) is 17.4 Å². The van der Waals surface area contributed by atoms with Crippen molar-refractivity contribution in [3.63, 3.8) is 0 Å². The molecule has 0 bridgehead atoms. The molecule has 0 N–H and O–H groups in total. The number of carbonyl (C=O) groups is 1. The molecule has 0 amide bonds. The molecule has 0 aliphatic rings. The molecule has 0 radical (unpaired) electrons. The molecule has 0 aliphatic heterocycles. The monoisotopic (exact) mass is 434 g/mol. The van der Waals surface area contributed by atoms with E-state index in [9.17, 15) is 13.2 Å². The van der Waals surface area contributed by atoms with E-state index in [0.717, 1.165) is 21.3 Å². The van der Waals surface area contributed by atoms with Crippen molar-refractivity contribution in [2.45, 2.75) is 32.2 Å². The first-order valence-electron chi connectivity index (χ1n) is 8.96. The highest BCUT2D eigenvalue weighted by molar-refractivity contribution is 7.90. The predicted octanol–water partition coefficient (Wildman–Crippen LogP) is 3.18. The molecular formula is C20H22N2O5S2. The number of methoxy groups -OCH3 is 1. The topological polar surface area (TPSA) is 87.0 Å². The number of benzene rings is 2. The van der Waals surface area contributed by atoms with Gasteiger partial charge < -0.3 is 14.0 Å². The number of nitrogens with zero attached hydrogens (tertiary/aromatic N) is 2. The quantitative estimate of drug-likeness (QED) is 0.556. The van der Waals surface area contributed by atoms with Crippen LogP contribution in [0.5, 0.6) is 5.75 Å². The van der Waals surface area contributed by atoms with E-state index in [1.54, 1.807) is 23.6 Å². The highest BCUT2D eigenvalue weighted by Crippen LogP contribution is 2.24. The Morgan fingerprint density at radius 1 is 1.17 bits per heavy atom. The van der Waals surface area contributed by atoms with Crippen LogP contribution in [0, 0.1) is 13.8 Å². The molecule has 0 spiro atoms. The van der Waals surface area contributed by atoms with E-state index in [2.05, 4.69) is 4.40 Å². The molecule has 1 aromatic heterocycles. The average Bonchev–Trinajstić information content (AvgIpc) is 2.99. The molecule has 0 saturated carbocycles. The van der Waals surface area contributed by atoms with Crippen LogP contribution in [-0.4, -0.2) is 32.7 Å². The van der Waals surface area contributed by atoms with Gasteiger partial charge in [-0.15, -0.1) is 4.40 Å². The number of aryl methyl sites for hydroxylation is 2. The Hall–Kier alpha value is -2.65. The van der Waals surface area contributed by atoms with Crippen molar-refractivity contribution in [2.75, 3.05) is 13.7 Å². The Kier molecular flexibility index (Phi) is 6.09. The summed E-state index contributed by atoms with van der Waals surface area (Å²) in [7, 11) is -2.46. The first kappa shape index (κ1) is 21.1. The van der Waals surface area contributed by atoms with Crippen LogP contribution in [0.3, 0.4) is 0 Å². The van der Waals surface area contributed by atoms with Crippen LogP contribution >= 0.6 is 11.3 Å². The second-order valence-electron chi connectivity index (χ2n) is 6.45. The summed E-state index contributed by atoms with van der Waals surface area (Å²) in [5.74, 6) is 0.101. The third-order valence-electron chi connectivity index (χ3n) is 4.26. The Morgan fingerprint density at radius 2 is 1.86 bits per heavy atom. The van der Waals surface area contributed by atoms with Gasteiger partial charge >= 0.3 is 5.97 Å². The largest absolute Gasteiger partial charge is 0.497 e. The lowest BCUT2D eigenvalue weighted by atomic mass is 10.1. The number of sulfonamides is 1. The number of hydrogen-bond donors (Lipinski definition) is 0. The maximum Gasteiger partial charge on any atom is 0.326 e. The van der Waals surface area contributed by atoms with Gasteiger partial charge in [-0.3, -0.25) is 4.79 Å². The summed E-state index contributed by atoms with van der Waals surface area (Å²) >= 11 is 1.23. The van der Waals surface area contributed by atoms with Crippen LogP contribution in [0.25, 0.3) is 10.2 Å². The number of rotatable bonds is 6. The zero-order valence-corrected chi connectivity index (χ0v) is 18.3. The molecule has 7 nitrogen and oxygen atoms in total. The van der Waals surface area contributed by atoms with Crippen LogP contribution in [0.4, 0.5) is 0 Å². The average molecular weight is 435 g/mol. The zero-order chi connectivity index (χ0) is 21.2. The zero-order valence-electron chi connectivity index (χ0n) is 16.6. The van der Waals surface area contributed by atoms with Crippen LogP contribution in [-0.2, 0) is 26.1 Å². The van der Waals surface area contributed by atoms with Crippen molar-refractivity contribution in [3.05, 3.63) is 52.3 Å². The maximum atomic E-state index is 12.9. The highest BCUT2D eigenvalue weighted by Gasteiger charge is 2.17. The SMILES string of the molecule is CCOC(=O)Cn1c(=NS(=O)(=O)c2ccc(OC)cc2)sc2c(C)cc(C)cc21. The van der Waals surface area contributed by atoms with Crippen molar-refractivity contribution in [1.29, 1.82) is 0 Å². The van der Waals surface area contributed by atoms with Crippen LogP contribution in [0.1, 0.15) is 18.1 Å². The van der Waals surface area contributed by atoms with E-state index >= 15 is 0 Å². The number of hydrogen-bond acceptors (Lipinski definition) is 6. The number of ether oxygens (including phenoxy) is 2. The fraction of sp³-hybridized carbons (Fsp3) is 0.300. The summed E-state index contributed by atoms with van der Waals surface area (Å²) < 4.78 is 42.4. The minimum Gasteiger partial charge on any atom is -0.497 e. The molecule has 3 aromatic rings. The molecule has 1 heterocycles. The van der Waals surface area contributed by atoms with Crippen molar-refractivity contribution < 1.29 is 22.7 Å². The van der Waals surface area contributed by atoms with Crippen LogP contribution in [0.15, 0.2) is 45.7 Å². The van der Waals surface area contributed by atoms with Gasteiger partial charge in [0.15, 0.2) is 0 Å². The molecule has 9 heteroatoms. The Labute approximate surface area is 173 Å². The van der Waals surface area contributed by atoms with Crippen molar-refractivity contribution in [1.82, 2.24) is 4.57 Å². The number of esters is 1. The fourth-order valence-corrected chi connectivity index (χ4v) is 5.26. The Morgan fingerprint density at radius 3 is 2.48 bits per heavy atom. The van der Waals surface area contributed by atoms with Crippen molar-refractivity contribution in [3.8, 4) is 5.75 Å². The number of carbonyl (C=O) groups excluding carboxylic acids is 1. The summed E-state index contributed by atoms with van der Waals surface area (Å²) in [6.07, 6.45) is 0. The summed E-state index contributed by atoms with van der Waals surface area (Å²) in [4.78, 5) is 12.4. The van der Waals surface area contributed by atoms with Crippen LogP contribution in [0.2, 0.25) is 0 Å². The molecular weight excluding hydrogens is 412 g/mol. The smallest absolute Gasteiger partial charge is 0.326 e. The second kappa shape index (κ2) is 8.38. The number of fused-ring (bicyclic) bond motifs is 1. The molecule has 0 saturated heterocycles. The van der Waals surface area contributed by atoms with Gasteiger partial charge in [-0.25, -0.2) is 0 Å². The molecule has 29 heavy (non-hydrogen) atoms. The van der Waals surface area contributed by atoms with E-state index in [1.165, 1.54) is 30.6 Å². The van der Waals surface area contributed by atoms with Gasteiger partial charge in [0.25, 0.3) is 10.0 Å². The molecule has 0 aliphatic carbocycles. The number of thiazole rings is 1. The van der Waals surface area contributed by atoms with E-state index < -0.39 is 16.0 Å². The fourth-order valence-electron chi connectivity index (χ4n) is 2.97. The van der Waals surface area contributed by atoms with E-state index in [-0.39, 0.29) is 22.8 Å². The predicted molar refractivity (Wildman–Crippen MR) is 112 cm³/mol. The van der Waals surface area contributed by atoms with Gasteiger partial charge in [-0.2, -0.15) is 8.42 Å². The summed E-state index contributed by atoms with van der Waals surface area (Å²) in [5, 5.41) is 0. The Bertz CT molecular complexity index is 1220. The summed E-state index contributed by atoms with van der Waals surface area (Å²) in [6.45, 7) is 5.75. The van der Waals surface area contributed by atoms with Crippen molar-refractivity contribution >= 4 is 37.5 Å². The lowest BCUT2D eigenvalue weighted by molar-refractivity contribution is -0.143. The van der Waals surface area contributed by atoms with Gasteiger partial charge in [0.1, 0.15) is 12.3 Å². The van der Waals surface area contributed by atoms with Gasteiger partial charge in [-0.05, 0) is 62.2 Å². The lowest BCUT2D eigenvalue weighted by Crippen LogP contribution is -2.23. The molecule has 154 valence electrons. The third-order valence-corrected chi connectivity index (χ3v) is 6.89. The minimum absolute atomic E-state index is 0.0475. The first-order chi connectivity index (χ1) is 13.7. The van der Waals surface area contributed by atoms with Gasteiger partial charge in [0.05, 0.1) is 28.8 Å². The molecule has 0 fully saturated rings. The summed E-state index contributed by atoms with van der Waals surface area (Å²) in [6, 6.07) is 9.93. The van der Waals surface area contributed by atoms with Gasteiger partial charge in [0.2, 0.25) is 4.80 Å². The van der Waals surface area contributed by atoms with Crippen LogP contribution < -0.4 is 9.54 Å². The minimum atomic E-state index is -3.97. The molecule has 0 atom stereocenters. The maximum absolute atomic E-state index is 12.9. The van der Waals surface area contributed by atoms with E-state index in [0.29, 0.717) is 5.75 Å². The highest BCUT2D eigenvalue weighted by atomic mass is 32.2. The Balaban J connectivity index is 2.20. The summed E-state index contributed by atoms with van der Waals surface area (Å²) in [5.41, 5.74) is 2.75. The van der Waals surface area contributed by atoms with Crippen molar-refractivity contribution in [2.24, 2.45) is 4.40 Å². The standard InChI is InChI=1S/C20H22N2O5S2/c1-5-27-18(23)12-22-17-11-13(2)10-14(3)19(17)28-20(22)21-29(24,25)16-8-6-15(26-4)7-9-16/h6-11H,5,12H2,1-4H3. The van der Waals surface area contributed by atoms with E-state index in [4.69, 9.17) is 9.47 Å². The molecule has 2 aromatic carbocycles. The van der Waals surface area contributed by atoms with Gasteiger partial charge in [0, 0.05) is 0 Å². The first-order valence-corrected chi connectivity index (χ1v) is 11.2.